The van der Waals surface area contributed by atoms with Crippen LogP contribution in [0.5, 0.6) is 0 Å². The maximum absolute atomic E-state index is 12.3. The first kappa shape index (κ1) is 39.5. The summed E-state index contributed by atoms with van der Waals surface area (Å²) in [7, 11) is -18.2. The summed E-state index contributed by atoms with van der Waals surface area (Å²) in [6.07, 6.45) is -6.83. The SMILES string of the molecule is Nc1nc(=O)n(C2OC(COP(=O)([O-])OP(=O)([O-])OP(=O)([O-])[O-])C(O)C2O)c2cscc12.[Li+].[Li+].[Li+].[Li+]. The predicted molar refractivity (Wildman–Crippen MR) is 95.2 cm³/mol. The van der Waals surface area contributed by atoms with Gasteiger partial charge in [-0.05, 0) is 0 Å². The van der Waals surface area contributed by atoms with Crippen LogP contribution in [0.2, 0.25) is 0 Å². The van der Waals surface area contributed by atoms with Crippen molar-refractivity contribution in [1.82, 2.24) is 9.55 Å². The summed E-state index contributed by atoms with van der Waals surface area (Å²) >= 11 is 1.14. The molecule has 36 heavy (non-hydrogen) atoms. The van der Waals surface area contributed by atoms with Crippen LogP contribution >= 0.6 is 34.8 Å². The van der Waals surface area contributed by atoms with Crippen LogP contribution in [0.3, 0.4) is 0 Å². The number of nitrogens with two attached hydrogens (primary N) is 1. The number of nitrogen functional groups attached to an aromatic ring is 1. The Morgan fingerprint density at radius 2 is 1.61 bits per heavy atom. The molecule has 1 fully saturated rings. The van der Waals surface area contributed by atoms with Crippen molar-refractivity contribution in [1.29, 1.82) is 0 Å². The summed E-state index contributed by atoms with van der Waals surface area (Å²) in [5.74, 6) is -0.0928. The minimum absolute atomic E-state index is 0. The molecule has 0 radical (unpaired) electrons. The van der Waals surface area contributed by atoms with E-state index in [1.807, 2.05) is 0 Å². The number of aliphatic hydroxyl groups excluding tert-OH is 2. The van der Waals surface area contributed by atoms with Gasteiger partial charge in [0, 0.05) is 10.8 Å². The Labute approximate surface area is 254 Å². The number of phosphoric acid groups is 3. The Balaban J connectivity index is 0. The smallest absolute Gasteiger partial charge is 0.790 e. The number of phosphoric ester groups is 1. The van der Waals surface area contributed by atoms with Crippen molar-refractivity contribution in [2.75, 3.05) is 12.3 Å². The van der Waals surface area contributed by atoms with E-state index in [9.17, 15) is 48.3 Å². The summed E-state index contributed by atoms with van der Waals surface area (Å²) in [6, 6.07) is 0. The maximum Gasteiger partial charge on any atom is 1.00 e. The van der Waals surface area contributed by atoms with Gasteiger partial charge in [0.25, 0.3) is 15.6 Å². The van der Waals surface area contributed by atoms with Crippen molar-refractivity contribution in [3.8, 4) is 0 Å². The standard InChI is InChI=1S/C11H16N3O14P3S.4Li/c12-9-4-2-32-3-5(4)14(11(17)13-9)10-8(16)7(15)6(26-10)1-25-30(21,22)28-31(23,24)27-29(18,19)20;;;;/h2-3,6-8,10,15-16H,1H2,(H,21,22)(H,23,24)(H2,12,13,17)(H2,18,19,20);;;;/q;4*+1/p-4. The van der Waals surface area contributed by atoms with Crippen LogP contribution in [0.4, 0.5) is 5.82 Å². The Hall–Kier alpha value is 1.32. The van der Waals surface area contributed by atoms with Crippen molar-refractivity contribution >= 4 is 51.5 Å². The summed E-state index contributed by atoms with van der Waals surface area (Å²) in [5.41, 5.74) is 4.91. The summed E-state index contributed by atoms with van der Waals surface area (Å²) < 4.78 is 49.9. The molecule has 180 valence electrons. The zero-order valence-corrected chi connectivity index (χ0v) is 22.7. The van der Waals surface area contributed by atoms with Crippen molar-refractivity contribution in [3.63, 3.8) is 0 Å². The molecule has 0 amide bonds. The van der Waals surface area contributed by atoms with Crippen LogP contribution in [0, 0.1) is 0 Å². The average molecular weight is 563 g/mol. The number of aliphatic hydroxyl groups is 2. The van der Waals surface area contributed by atoms with Crippen LogP contribution < -0.4 is 106 Å². The van der Waals surface area contributed by atoms with Gasteiger partial charge in [0.1, 0.15) is 24.1 Å². The van der Waals surface area contributed by atoms with Gasteiger partial charge in [0.15, 0.2) is 6.23 Å². The largest absolute Gasteiger partial charge is 1.00 e. The summed E-state index contributed by atoms with van der Waals surface area (Å²) in [4.78, 5) is 59.3. The fraction of sp³-hybridized carbons (Fsp3) is 0.455. The Morgan fingerprint density at radius 3 is 2.17 bits per heavy atom. The van der Waals surface area contributed by atoms with E-state index in [-0.39, 0.29) is 86.8 Å². The number of nitrogens with zero attached hydrogens (tertiary/aromatic N) is 2. The van der Waals surface area contributed by atoms with Gasteiger partial charge in [-0.2, -0.15) is 4.98 Å². The Bertz CT molecular complexity index is 1230. The molecule has 17 nitrogen and oxygen atoms in total. The van der Waals surface area contributed by atoms with Gasteiger partial charge in [-0.15, -0.1) is 11.3 Å². The quantitative estimate of drug-likeness (QED) is 0.199. The predicted octanol–water partition coefficient (Wildman–Crippen LogP) is -15.5. The van der Waals surface area contributed by atoms with E-state index < -0.39 is 60.3 Å². The number of hydrogen-bond acceptors (Lipinski definition) is 17. The molecular formula is C11H12Li4N3O14P3S. The van der Waals surface area contributed by atoms with E-state index in [1.54, 1.807) is 5.38 Å². The van der Waals surface area contributed by atoms with Crippen molar-refractivity contribution in [2.45, 2.75) is 24.5 Å². The van der Waals surface area contributed by atoms with Gasteiger partial charge < -0.3 is 49.3 Å². The maximum atomic E-state index is 12.3. The number of rotatable bonds is 8. The second-order valence-electron chi connectivity index (χ2n) is 6.17. The van der Waals surface area contributed by atoms with Crippen molar-refractivity contribution in [2.24, 2.45) is 0 Å². The molecule has 25 heteroatoms. The second kappa shape index (κ2) is 14.8. The molecule has 1 aliphatic rings. The monoisotopic (exact) mass is 563 g/mol. The molecule has 0 bridgehead atoms. The zero-order chi connectivity index (χ0) is 24.1. The molecule has 2 aromatic rings. The van der Waals surface area contributed by atoms with Gasteiger partial charge in [-0.25, -0.2) is 9.11 Å². The minimum Gasteiger partial charge on any atom is -0.790 e. The van der Waals surface area contributed by atoms with Gasteiger partial charge >= 0.3 is 81.1 Å². The first-order valence-electron chi connectivity index (χ1n) is 8.07. The van der Waals surface area contributed by atoms with Gasteiger partial charge in [-0.1, -0.05) is 0 Å². The number of fused-ring (bicyclic) bond motifs is 1. The van der Waals surface area contributed by atoms with E-state index in [0.717, 1.165) is 15.9 Å². The van der Waals surface area contributed by atoms with E-state index in [0.29, 0.717) is 5.39 Å². The molecule has 4 N–H and O–H groups in total. The molecule has 0 spiro atoms. The zero-order valence-electron chi connectivity index (χ0n) is 19.2. The third-order valence-corrected chi connectivity index (χ3v) is 8.38. The number of hydrogen-bond donors (Lipinski definition) is 3. The topological polar surface area (TPSA) is 282 Å². The first-order valence-corrected chi connectivity index (χ1v) is 13.4. The molecule has 6 unspecified atom stereocenters. The fourth-order valence-electron chi connectivity index (χ4n) is 2.76. The number of aromatic nitrogens is 2. The third kappa shape index (κ3) is 9.75. The molecule has 2 aromatic heterocycles. The molecule has 1 aliphatic heterocycles. The molecule has 0 aliphatic carbocycles. The van der Waals surface area contributed by atoms with Crippen molar-refractivity contribution in [3.05, 3.63) is 21.2 Å². The summed E-state index contributed by atoms with van der Waals surface area (Å²) in [5, 5.41) is 23.8. The van der Waals surface area contributed by atoms with Crippen molar-refractivity contribution < 1.29 is 137 Å². The first-order chi connectivity index (χ1) is 14.6. The van der Waals surface area contributed by atoms with Crippen LogP contribution in [0.15, 0.2) is 15.6 Å². The molecule has 3 rings (SSSR count). The number of ether oxygens (including phenoxy) is 1. The molecule has 3 heterocycles. The van der Waals surface area contributed by atoms with E-state index in [4.69, 9.17) is 10.5 Å². The van der Waals surface area contributed by atoms with E-state index >= 15 is 0 Å². The summed E-state index contributed by atoms with van der Waals surface area (Å²) in [6.45, 7) is -1.15. The average Bonchev–Trinajstić information content (AvgIpc) is 3.18. The molecule has 1 saturated heterocycles. The second-order valence-corrected chi connectivity index (χ2v) is 11.2. The minimum atomic E-state index is -6.17. The van der Waals surface area contributed by atoms with Crippen LogP contribution in [0.1, 0.15) is 6.23 Å². The van der Waals surface area contributed by atoms with E-state index in [1.165, 1.54) is 5.38 Å². The molecule has 0 aromatic carbocycles. The van der Waals surface area contributed by atoms with Gasteiger partial charge in [0.2, 0.25) is 0 Å². The van der Waals surface area contributed by atoms with Crippen LogP contribution in [0.25, 0.3) is 10.9 Å². The Kier molecular flexibility index (Phi) is 16.2. The fourth-order valence-corrected chi connectivity index (χ4v) is 6.44. The number of anilines is 1. The van der Waals surface area contributed by atoms with E-state index in [2.05, 4.69) is 18.1 Å². The van der Waals surface area contributed by atoms with Gasteiger partial charge in [-0.3, -0.25) is 18.0 Å². The number of thiophene rings is 1. The van der Waals surface area contributed by atoms with Crippen LogP contribution in [-0.2, 0) is 31.6 Å². The van der Waals surface area contributed by atoms with Crippen LogP contribution in [-0.4, -0.2) is 44.7 Å². The molecule has 0 saturated carbocycles. The molecular weight excluding hydrogens is 551 g/mol. The third-order valence-electron chi connectivity index (χ3n) is 3.99. The Morgan fingerprint density at radius 1 is 1.03 bits per heavy atom. The normalized spacial score (nSPS) is 24.8. The molecule has 6 atom stereocenters. The van der Waals surface area contributed by atoms with Gasteiger partial charge in [0.05, 0.1) is 25.3 Å².